The zero-order valence-corrected chi connectivity index (χ0v) is 13.9. The Kier molecular flexibility index (Phi) is 5.10. The monoisotopic (exact) mass is 287 g/mol. The van der Waals surface area contributed by atoms with Gasteiger partial charge in [-0.05, 0) is 43.9 Å². The molecule has 0 radical (unpaired) electrons. The van der Waals surface area contributed by atoms with Gasteiger partial charge < -0.3 is 0 Å². The minimum atomic E-state index is -0.324. The van der Waals surface area contributed by atoms with E-state index in [1.807, 2.05) is 26.0 Å². The normalized spacial score (nSPS) is 11.4. The summed E-state index contributed by atoms with van der Waals surface area (Å²) in [5.74, 6) is -0.603. The molecule has 0 aliphatic rings. The van der Waals surface area contributed by atoms with Crippen LogP contribution >= 0.6 is 0 Å². The molecule has 0 aliphatic carbocycles. The molecule has 0 saturated carbocycles. The van der Waals surface area contributed by atoms with E-state index in [9.17, 15) is 9.59 Å². The highest BCUT2D eigenvalue weighted by Crippen LogP contribution is 2.23. The fourth-order valence-electron chi connectivity index (χ4n) is 2.02. The maximum Gasteiger partial charge on any atom is 0.260 e. The molecule has 0 spiro atoms. The molecule has 3 nitrogen and oxygen atoms in total. The summed E-state index contributed by atoms with van der Waals surface area (Å²) < 4.78 is 0. The van der Waals surface area contributed by atoms with E-state index in [2.05, 4.69) is 27.4 Å². The fourth-order valence-corrected chi connectivity index (χ4v) is 2.02. The maximum absolute atomic E-state index is 12.6. The summed E-state index contributed by atoms with van der Waals surface area (Å²) in [6.07, 6.45) is 0. The van der Waals surface area contributed by atoms with Crippen molar-refractivity contribution in [3.63, 3.8) is 0 Å². The number of nitrogens with zero attached hydrogens (tertiary/aromatic N) is 1. The first kappa shape index (κ1) is 17.2. The molecule has 0 aromatic heterocycles. The second-order valence-electron chi connectivity index (χ2n) is 6.68. The highest BCUT2D eigenvalue weighted by molar-refractivity contribution is 6.09. The van der Waals surface area contributed by atoms with Gasteiger partial charge in [-0.1, -0.05) is 39.5 Å². The van der Waals surface area contributed by atoms with Gasteiger partial charge in [-0.2, -0.15) is 0 Å². The van der Waals surface area contributed by atoms with E-state index >= 15 is 0 Å². The minimum absolute atomic E-state index is 0.0346. The van der Waals surface area contributed by atoms with Crippen LogP contribution in [0.1, 0.15) is 57.5 Å². The van der Waals surface area contributed by atoms with Gasteiger partial charge in [0.1, 0.15) is 0 Å². The third-order valence-electron chi connectivity index (χ3n) is 3.32. The Bertz CT molecular complexity index is 548. The Morgan fingerprint density at radius 1 is 1.10 bits per heavy atom. The molecule has 0 saturated heterocycles. The highest BCUT2D eigenvalue weighted by Gasteiger charge is 2.26. The first-order valence-electron chi connectivity index (χ1n) is 7.19. The third kappa shape index (κ3) is 4.03. The van der Waals surface area contributed by atoms with Crippen molar-refractivity contribution in [3.8, 4) is 0 Å². The zero-order chi connectivity index (χ0) is 16.4. The van der Waals surface area contributed by atoms with Crippen molar-refractivity contribution >= 4 is 11.8 Å². The van der Waals surface area contributed by atoms with Gasteiger partial charge in [0, 0.05) is 17.2 Å². The van der Waals surface area contributed by atoms with Gasteiger partial charge in [-0.3, -0.25) is 14.5 Å². The summed E-state index contributed by atoms with van der Waals surface area (Å²) in [5.41, 5.74) is 2.07. The van der Waals surface area contributed by atoms with Gasteiger partial charge >= 0.3 is 0 Å². The molecule has 1 aromatic rings. The summed E-state index contributed by atoms with van der Waals surface area (Å²) in [4.78, 5) is 25.9. The van der Waals surface area contributed by atoms with E-state index in [0.29, 0.717) is 11.1 Å². The van der Waals surface area contributed by atoms with Crippen LogP contribution in [-0.2, 0) is 10.2 Å². The van der Waals surface area contributed by atoms with Gasteiger partial charge in [0.25, 0.3) is 11.8 Å². The number of carbonyl (C=O) groups excluding carboxylic acids is 2. The lowest BCUT2D eigenvalue weighted by Crippen LogP contribution is -2.42. The van der Waals surface area contributed by atoms with E-state index in [0.717, 1.165) is 5.56 Å². The minimum Gasteiger partial charge on any atom is -0.272 e. The van der Waals surface area contributed by atoms with Crippen molar-refractivity contribution in [1.29, 1.82) is 0 Å². The van der Waals surface area contributed by atoms with Crippen LogP contribution in [0.4, 0.5) is 0 Å². The maximum atomic E-state index is 12.6. The smallest absolute Gasteiger partial charge is 0.260 e. The number of imide groups is 1. The molecule has 0 N–H and O–H groups in total. The van der Waals surface area contributed by atoms with Crippen molar-refractivity contribution in [2.45, 2.75) is 53.0 Å². The molecular formula is C18H25NO2. The van der Waals surface area contributed by atoms with Crippen LogP contribution in [0.5, 0.6) is 0 Å². The Balaban J connectivity index is 3.11. The lowest BCUT2D eigenvalue weighted by Gasteiger charge is -2.25. The second kappa shape index (κ2) is 6.25. The number of rotatable bonds is 3. The van der Waals surface area contributed by atoms with Gasteiger partial charge in [0.15, 0.2) is 0 Å². The highest BCUT2D eigenvalue weighted by atomic mass is 16.2. The number of hydrogen-bond donors (Lipinski definition) is 0. The van der Waals surface area contributed by atoms with Gasteiger partial charge in [-0.25, -0.2) is 0 Å². The summed E-state index contributed by atoms with van der Waals surface area (Å²) in [6, 6.07) is 7.24. The molecule has 0 heterocycles. The van der Waals surface area contributed by atoms with Crippen molar-refractivity contribution in [1.82, 2.24) is 4.90 Å². The molecule has 0 bridgehead atoms. The van der Waals surface area contributed by atoms with E-state index in [1.54, 1.807) is 19.1 Å². The first-order chi connectivity index (χ1) is 9.55. The molecule has 1 aromatic carbocycles. The fraction of sp³-hybridized carbons (Fsp3) is 0.444. The second-order valence-corrected chi connectivity index (χ2v) is 6.68. The Labute approximate surface area is 127 Å². The predicted octanol–water partition coefficient (Wildman–Crippen LogP) is 3.94. The standard InChI is InChI=1S/C18H25NO2/c1-12(2)16(20)19(13(3)4)17(21)14-8-10-15(11-9-14)18(5,6)7/h8-11,13H,1H2,2-7H3. The van der Waals surface area contributed by atoms with Crippen LogP contribution in [0.2, 0.25) is 0 Å². The molecule has 2 amide bonds. The van der Waals surface area contributed by atoms with Crippen LogP contribution in [0.15, 0.2) is 36.4 Å². The van der Waals surface area contributed by atoms with Crippen LogP contribution in [0.3, 0.4) is 0 Å². The lowest BCUT2D eigenvalue weighted by atomic mass is 9.86. The van der Waals surface area contributed by atoms with E-state index in [1.165, 1.54) is 4.90 Å². The molecule has 21 heavy (non-hydrogen) atoms. The van der Waals surface area contributed by atoms with E-state index in [-0.39, 0.29) is 23.3 Å². The first-order valence-corrected chi connectivity index (χ1v) is 7.19. The average molecular weight is 287 g/mol. The van der Waals surface area contributed by atoms with Crippen LogP contribution in [0.25, 0.3) is 0 Å². The van der Waals surface area contributed by atoms with Crippen LogP contribution in [-0.4, -0.2) is 22.8 Å². The molecule has 0 atom stereocenters. The van der Waals surface area contributed by atoms with Crippen molar-refractivity contribution < 1.29 is 9.59 Å². The molecule has 114 valence electrons. The summed E-state index contributed by atoms with van der Waals surface area (Å²) in [5, 5.41) is 0. The Morgan fingerprint density at radius 2 is 1.57 bits per heavy atom. The van der Waals surface area contributed by atoms with Crippen molar-refractivity contribution in [2.75, 3.05) is 0 Å². The van der Waals surface area contributed by atoms with Gasteiger partial charge in [-0.15, -0.1) is 0 Å². The summed E-state index contributed by atoms with van der Waals surface area (Å²) >= 11 is 0. The van der Waals surface area contributed by atoms with E-state index < -0.39 is 0 Å². The summed E-state index contributed by atoms with van der Waals surface area (Å²) in [6.45, 7) is 15.3. The number of carbonyl (C=O) groups is 2. The van der Waals surface area contributed by atoms with Crippen molar-refractivity contribution in [2.24, 2.45) is 0 Å². The molecule has 3 heteroatoms. The largest absolute Gasteiger partial charge is 0.272 e. The quantitative estimate of drug-likeness (QED) is 0.790. The molecule has 0 fully saturated rings. The predicted molar refractivity (Wildman–Crippen MR) is 86.3 cm³/mol. The van der Waals surface area contributed by atoms with Gasteiger partial charge in [0.05, 0.1) is 0 Å². The van der Waals surface area contributed by atoms with Crippen LogP contribution < -0.4 is 0 Å². The molecule has 1 rings (SSSR count). The Morgan fingerprint density at radius 3 is 1.90 bits per heavy atom. The van der Waals surface area contributed by atoms with Crippen molar-refractivity contribution in [3.05, 3.63) is 47.5 Å². The van der Waals surface area contributed by atoms with Gasteiger partial charge in [0.2, 0.25) is 0 Å². The number of amides is 2. The SMILES string of the molecule is C=C(C)C(=O)N(C(=O)c1ccc(C(C)(C)C)cc1)C(C)C. The van der Waals surface area contributed by atoms with Crippen LogP contribution in [0, 0.1) is 0 Å². The molecular weight excluding hydrogens is 262 g/mol. The lowest BCUT2D eigenvalue weighted by molar-refractivity contribution is -0.125. The Hall–Kier alpha value is -1.90. The molecule has 0 unspecified atom stereocenters. The topological polar surface area (TPSA) is 37.4 Å². The van der Waals surface area contributed by atoms with E-state index in [4.69, 9.17) is 0 Å². The number of hydrogen-bond acceptors (Lipinski definition) is 2. The molecule has 0 aliphatic heterocycles. The summed E-state index contributed by atoms with van der Waals surface area (Å²) in [7, 11) is 0. The average Bonchev–Trinajstić information content (AvgIpc) is 2.37. The third-order valence-corrected chi connectivity index (χ3v) is 3.32. The zero-order valence-electron chi connectivity index (χ0n) is 13.9. The number of benzene rings is 1.